The van der Waals surface area contributed by atoms with Crippen molar-refractivity contribution in [1.29, 1.82) is 5.26 Å². The maximum atomic E-state index is 13.9. The quantitative estimate of drug-likeness (QED) is 0.441. The molecule has 0 bridgehead atoms. The van der Waals surface area contributed by atoms with Crippen molar-refractivity contribution in [2.45, 2.75) is 85.7 Å². The minimum atomic E-state index is -3.79. The van der Waals surface area contributed by atoms with Crippen molar-refractivity contribution in [2.75, 3.05) is 32.7 Å². The molecule has 0 aromatic heterocycles. The number of carbonyl (C=O) groups is 3. The number of carboxylic acids is 1. The van der Waals surface area contributed by atoms with Gasteiger partial charge in [-0.05, 0) is 70.7 Å². The molecule has 1 aromatic rings. The molecule has 1 aromatic carbocycles. The van der Waals surface area contributed by atoms with Crippen LogP contribution in [-0.2, 0) is 24.2 Å². The number of hydrogen-bond acceptors (Lipinski definition) is 8. The summed E-state index contributed by atoms with van der Waals surface area (Å²) in [5.41, 5.74) is 0.0140. The first-order chi connectivity index (χ1) is 19.0. The van der Waals surface area contributed by atoms with Crippen molar-refractivity contribution in [1.82, 2.24) is 20.0 Å². The van der Waals surface area contributed by atoms with E-state index in [1.54, 1.807) is 24.3 Å². The molecule has 2 N–H and O–H groups in total. The van der Waals surface area contributed by atoms with Crippen molar-refractivity contribution in [3.63, 3.8) is 0 Å². The van der Waals surface area contributed by atoms with Crippen LogP contribution in [0.15, 0.2) is 29.2 Å². The van der Waals surface area contributed by atoms with E-state index in [1.807, 2.05) is 6.92 Å². The van der Waals surface area contributed by atoms with Crippen molar-refractivity contribution < 1.29 is 27.9 Å². The number of carboxylic acid groups (broad SMARTS) is 1. The Kier molecular flexibility index (Phi) is 7.92. The van der Waals surface area contributed by atoms with E-state index in [0.29, 0.717) is 25.8 Å². The van der Waals surface area contributed by atoms with Crippen LogP contribution in [0.25, 0.3) is 0 Å². The number of rotatable bonds is 9. The van der Waals surface area contributed by atoms with Gasteiger partial charge in [-0.15, -0.1) is 0 Å². The first-order valence-electron chi connectivity index (χ1n) is 14.1. The predicted molar refractivity (Wildman–Crippen MR) is 145 cm³/mol. The summed E-state index contributed by atoms with van der Waals surface area (Å²) < 4.78 is 27.1. The Hall–Kier alpha value is -3.01. The Labute approximate surface area is 235 Å². The monoisotopic (exact) mass is 571 g/mol. The highest BCUT2D eigenvalue weighted by Crippen LogP contribution is 2.37. The van der Waals surface area contributed by atoms with Gasteiger partial charge in [0.2, 0.25) is 11.8 Å². The lowest BCUT2D eigenvalue weighted by atomic mass is 9.93. The van der Waals surface area contributed by atoms with Crippen LogP contribution < -0.4 is 5.32 Å². The van der Waals surface area contributed by atoms with E-state index in [2.05, 4.69) is 21.2 Å². The van der Waals surface area contributed by atoms with Crippen LogP contribution in [0.3, 0.4) is 0 Å². The van der Waals surface area contributed by atoms with Crippen LogP contribution in [0, 0.1) is 18.3 Å². The standard InChI is InChI=1S/C28H37N5O6S/c1-19-2-4-21(5-3-19)40(38,39)22-16-24(26(36)30-28(18-29)10-11-28)33(17-22)27(37)23-8-15-32(23)20-6-12-31(13-7-20)14-9-25(34)35/h2-5,20,22-24H,6-17H2,1H3,(H,30,36)(H,34,35)/t22-,23?,24+/m1/s1. The summed E-state index contributed by atoms with van der Waals surface area (Å²) in [6, 6.07) is 7.54. The van der Waals surface area contributed by atoms with Crippen LogP contribution in [-0.4, -0.2) is 108 Å². The second-order valence-corrected chi connectivity index (χ2v) is 13.9. The smallest absolute Gasteiger partial charge is 0.304 e. The number of aryl methyl sites for hydroxylation is 1. The number of benzene rings is 1. The molecule has 5 rings (SSSR count). The zero-order valence-corrected chi connectivity index (χ0v) is 23.6. The summed E-state index contributed by atoms with van der Waals surface area (Å²) >= 11 is 0. The van der Waals surface area contributed by atoms with E-state index in [9.17, 15) is 28.1 Å². The fourth-order valence-corrected chi connectivity index (χ4v) is 7.87. The van der Waals surface area contributed by atoms with E-state index in [1.165, 1.54) is 4.90 Å². The molecule has 3 heterocycles. The normalized spacial score (nSPS) is 27.0. The highest BCUT2D eigenvalue weighted by molar-refractivity contribution is 7.92. The maximum absolute atomic E-state index is 13.9. The highest BCUT2D eigenvalue weighted by atomic mass is 32.2. The zero-order valence-electron chi connectivity index (χ0n) is 22.8. The third-order valence-electron chi connectivity index (χ3n) is 8.98. The first kappa shape index (κ1) is 28.5. The Morgan fingerprint density at radius 3 is 2.30 bits per heavy atom. The van der Waals surface area contributed by atoms with Crippen LogP contribution >= 0.6 is 0 Å². The molecule has 40 heavy (non-hydrogen) atoms. The summed E-state index contributed by atoms with van der Waals surface area (Å²) in [6.45, 7) is 4.60. The molecule has 3 aliphatic heterocycles. The second-order valence-electron chi connectivity index (χ2n) is 11.7. The van der Waals surface area contributed by atoms with Gasteiger partial charge in [-0.2, -0.15) is 5.26 Å². The van der Waals surface area contributed by atoms with E-state index < -0.39 is 44.6 Å². The van der Waals surface area contributed by atoms with Gasteiger partial charge >= 0.3 is 5.97 Å². The largest absolute Gasteiger partial charge is 0.481 e. The van der Waals surface area contributed by atoms with Gasteiger partial charge in [0.05, 0.1) is 28.7 Å². The Morgan fingerprint density at radius 2 is 1.75 bits per heavy atom. The van der Waals surface area contributed by atoms with E-state index in [4.69, 9.17) is 5.11 Å². The molecular formula is C28H37N5O6S. The molecule has 2 amide bonds. The fourth-order valence-electron chi connectivity index (χ4n) is 6.17. The molecule has 3 atom stereocenters. The van der Waals surface area contributed by atoms with E-state index >= 15 is 0 Å². The molecule has 4 aliphatic rings. The molecule has 216 valence electrons. The van der Waals surface area contributed by atoms with Gasteiger partial charge in [0.25, 0.3) is 0 Å². The molecule has 4 fully saturated rings. The Morgan fingerprint density at radius 1 is 1.07 bits per heavy atom. The van der Waals surface area contributed by atoms with Gasteiger partial charge in [-0.25, -0.2) is 8.42 Å². The van der Waals surface area contributed by atoms with Gasteiger partial charge in [-0.1, -0.05) is 17.7 Å². The number of nitriles is 1. The van der Waals surface area contributed by atoms with Gasteiger partial charge in [0.15, 0.2) is 9.84 Å². The van der Waals surface area contributed by atoms with Crippen molar-refractivity contribution in [3.8, 4) is 6.07 Å². The number of sulfone groups is 1. The lowest BCUT2D eigenvalue weighted by Crippen LogP contribution is -2.63. The number of nitrogens with one attached hydrogen (secondary N) is 1. The van der Waals surface area contributed by atoms with Crippen LogP contribution in [0.1, 0.15) is 50.5 Å². The molecule has 11 nitrogen and oxygen atoms in total. The van der Waals surface area contributed by atoms with Crippen LogP contribution in [0.2, 0.25) is 0 Å². The number of piperidine rings is 1. The Balaban J connectivity index is 1.30. The lowest BCUT2D eigenvalue weighted by molar-refractivity contribution is -0.149. The van der Waals surface area contributed by atoms with Gasteiger partial charge in [0, 0.05) is 25.7 Å². The molecule has 1 saturated carbocycles. The third-order valence-corrected chi connectivity index (χ3v) is 11.1. The number of hydrogen-bond donors (Lipinski definition) is 2. The zero-order chi connectivity index (χ0) is 28.7. The number of nitrogens with zero attached hydrogens (tertiary/aromatic N) is 4. The van der Waals surface area contributed by atoms with Crippen molar-refractivity contribution >= 4 is 27.6 Å². The first-order valence-corrected chi connectivity index (χ1v) is 15.6. The molecule has 1 aliphatic carbocycles. The summed E-state index contributed by atoms with van der Waals surface area (Å²) in [5, 5.41) is 20.3. The molecule has 0 spiro atoms. The van der Waals surface area contributed by atoms with Crippen LogP contribution in [0.4, 0.5) is 0 Å². The number of likely N-dealkylation sites (tertiary alicyclic amines) is 3. The minimum Gasteiger partial charge on any atom is -0.481 e. The highest BCUT2D eigenvalue weighted by Gasteiger charge is 2.52. The number of aliphatic carboxylic acids is 1. The SMILES string of the molecule is Cc1ccc(S(=O)(=O)[C@@H]2C[C@@H](C(=O)NC3(C#N)CC3)N(C(=O)C3CCN3C3CCN(CCC(=O)O)CC3)C2)cc1. The van der Waals surface area contributed by atoms with Crippen molar-refractivity contribution in [3.05, 3.63) is 29.8 Å². The lowest BCUT2D eigenvalue weighted by Gasteiger charge is -2.49. The molecule has 12 heteroatoms. The van der Waals surface area contributed by atoms with Crippen molar-refractivity contribution in [2.24, 2.45) is 0 Å². The van der Waals surface area contributed by atoms with Gasteiger partial charge in [-0.3, -0.25) is 19.3 Å². The predicted octanol–water partition coefficient (Wildman–Crippen LogP) is 0.924. The number of amides is 2. The molecule has 3 saturated heterocycles. The summed E-state index contributed by atoms with van der Waals surface area (Å²) in [5.74, 6) is -1.51. The topological polar surface area (TPSA) is 151 Å². The molecule has 0 radical (unpaired) electrons. The summed E-state index contributed by atoms with van der Waals surface area (Å²) in [6.07, 6.45) is 3.47. The Bertz CT molecular complexity index is 1300. The summed E-state index contributed by atoms with van der Waals surface area (Å²) in [7, 11) is -3.79. The molecule has 1 unspecified atom stereocenters. The average molecular weight is 572 g/mol. The third kappa shape index (κ3) is 5.73. The fraction of sp³-hybridized carbons (Fsp3) is 0.643. The van der Waals surface area contributed by atoms with E-state index in [0.717, 1.165) is 38.0 Å². The van der Waals surface area contributed by atoms with Crippen LogP contribution in [0.5, 0.6) is 0 Å². The van der Waals surface area contributed by atoms with E-state index in [-0.39, 0.29) is 36.2 Å². The van der Waals surface area contributed by atoms with Gasteiger partial charge in [0.1, 0.15) is 11.6 Å². The number of carbonyl (C=O) groups excluding carboxylic acids is 2. The summed E-state index contributed by atoms with van der Waals surface area (Å²) in [4.78, 5) is 44.1. The minimum absolute atomic E-state index is 0.00994. The van der Waals surface area contributed by atoms with Gasteiger partial charge < -0.3 is 20.2 Å². The molecular weight excluding hydrogens is 534 g/mol. The average Bonchev–Trinajstić information content (AvgIpc) is 3.52. The second kappa shape index (κ2) is 11.1. The maximum Gasteiger partial charge on any atom is 0.304 e.